The highest BCUT2D eigenvalue weighted by Crippen LogP contribution is 2.32. The van der Waals surface area contributed by atoms with E-state index in [9.17, 15) is 8.78 Å². The lowest BCUT2D eigenvalue weighted by Gasteiger charge is -2.21. The molecule has 0 bridgehead atoms. The molecule has 0 fully saturated rings. The van der Waals surface area contributed by atoms with E-state index < -0.39 is 17.7 Å². The van der Waals surface area contributed by atoms with Crippen LogP contribution < -0.4 is 10.1 Å². The van der Waals surface area contributed by atoms with Crippen molar-refractivity contribution in [2.45, 2.75) is 19.9 Å². The van der Waals surface area contributed by atoms with Gasteiger partial charge >= 0.3 is 0 Å². The van der Waals surface area contributed by atoms with E-state index in [0.29, 0.717) is 0 Å². The first kappa shape index (κ1) is 15.4. The fourth-order valence-electron chi connectivity index (χ4n) is 2.74. The molecule has 4 heteroatoms. The van der Waals surface area contributed by atoms with Crippen LogP contribution in [0.5, 0.6) is 5.75 Å². The molecule has 2 aromatic rings. The topological polar surface area (TPSA) is 21.3 Å². The minimum atomic E-state index is -0.555. The van der Waals surface area contributed by atoms with E-state index in [-0.39, 0.29) is 5.56 Å². The summed E-state index contributed by atoms with van der Waals surface area (Å²) < 4.78 is 33.4. The van der Waals surface area contributed by atoms with Gasteiger partial charge < -0.3 is 10.1 Å². The molecule has 0 amide bonds. The maximum atomic E-state index is 14.0. The van der Waals surface area contributed by atoms with Crippen molar-refractivity contribution in [1.29, 1.82) is 0 Å². The smallest absolute Gasteiger partial charge is 0.131 e. The van der Waals surface area contributed by atoms with Crippen LogP contribution in [0.1, 0.15) is 28.3 Å². The van der Waals surface area contributed by atoms with Crippen molar-refractivity contribution in [3.8, 4) is 5.75 Å². The van der Waals surface area contributed by atoms with Crippen LogP contribution in [-0.2, 0) is 0 Å². The Hall–Kier alpha value is -1.94. The first-order valence-corrected chi connectivity index (χ1v) is 6.76. The molecule has 21 heavy (non-hydrogen) atoms. The first-order valence-electron chi connectivity index (χ1n) is 6.76. The number of hydrogen-bond donors (Lipinski definition) is 1. The van der Waals surface area contributed by atoms with E-state index in [2.05, 4.69) is 5.32 Å². The Bertz CT molecular complexity index is 612. The predicted molar refractivity (Wildman–Crippen MR) is 79.7 cm³/mol. The van der Waals surface area contributed by atoms with Gasteiger partial charge in [-0.15, -0.1) is 0 Å². The SMILES string of the molecule is CNC(c1cc(C)c(OC)c(C)c1)c1c(F)cccc1F. The maximum Gasteiger partial charge on any atom is 0.131 e. The van der Waals surface area contributed by atoms with Gasteiger partial charge in [-0.3, -0.25) is 0 Å². The molecular weight excluding hydrogens is 272 g/mol. The van der Waals surface area contributed by atoms with Gasteiger partial charge in [-0.2, -0.15) is 0 Å². The van der Waals surface area contributed by atoms with Crippen LogP contribution in [0.15, 0.2) is 30.3 Å². The summed E-state index contributed by atoms with van der Waals surface area (Å²) in [6.45, 7) is 3.83. The standard InChI is InChI=1S/C17H19F2NO/c1-10-8-12(9-11(2)17(10)21-4)16(20-3)15-13(18)6-5-7-14(15)19/h5-9,16,20H,1-4H3. The van der Waals surface area contributed by atoms with Crippen molar-refractivity contribution in [3.05, 3.63) is 64.2 Å². The van der Waals surface area contributed by atoms with Gasteiger partial charge in [0.05, 0.1) is 13.2 Å². The molecule has 0 aliphatic carbocycles. The zero-order valence-electron chi connectivity index (χ0n) is 12.6. The molecule has 0 saturated carbocycles. The van der Waals surface area contributed by atoms with Crippen LogP contribution in [0.3, 0.4) is 0 Å². The Balaban J connectivity index is 2.57. The summed E-state index contributed by atoms with van der Waals surface area (Å²) in [6, 6.07) is 7.13. The molecule has 0 heterocycles. The number of hydrogen-bond acceptors (Lipinski definition) is 2. The van der Waals surface area contributed by atoms with Gasteiger partial charge in [0.25, 0.3) is 0 Å². The average Bonchev–Trinajstić information content (AvgIpc) is 2.42. The molecule has 0 saturated heterocycles. The number of nitrogens with one attached hydrogen (secondary N) is 1. The van der Waals surface area contributed by atoms with Crippen LogP contribution in [0.4, 0.5) is 8.78 Å². The highest BCUT2D eigenvalue weighted by Gasteiger charge is 2.21. The minimum absolute atomic E-state index is 0.0315. The third kappa shape index (κ3) is 2.90. The van der Waals surface area contributed by atoms with Gasteiger partial charge in [0.15, 0.2) is 0 Å². The normalized spacial score (nSPS) is 12.3. The van der Waals surface area contributed by atoms with Crippen molar-refractivity contribution in [1.82, 2.24) is 5.32 Å². The van der Waals surface area contributed by atoms with E-state index >= 15 is 0 Å². The summed E-state index contributed by atoms with van der Waals surface area (Å²) in [5.74, 6) is -0.316. The van der Waals surface area contributed by atoms with Crippen molar-refractivity contribution >= 4 is 0 Å². The van der Waals surface area contributed by atoms with E-state index in [4.69, 9.17) is 4.74 Å². The van der Waals surface area contributed by atoms with Gasteiger partial charge in [0.1, 0.15) is 17.4 Å². The van der Waals surface area contributed by atoms with Crippen LogP contribution in [0.2, 0.25) is 0 Å². The molecule has 2 aromatic carbocycles. The zero-order chi connectivity index (χ0) is 15.6. The summed E-state index contributed by atoms with van der Waals surface area (Å²) in [4.78, 5) is 0. The number of halogens is 2. The van der Waals surface area contributed by atoms with Crippen molar-refractivity contribution < 1.29 is 13.5 Å². The molecule has 0 aliphatic rings. The van der Waals surface area contributed by atoms with Gasteiger partial charge in [0.2, 0.25) is 0 Å². The number of benzene rings is 2. The Morgan fingerprint density at radius 3 is 2.00 bits per heavy atom. The molecule has 0 radical (unpaired) electrons. The van der Waals surface area contributed by atoms with Crippen LogP contribution >= 0.6 is 0 Å². The Morgan fingerprint density at radius 1 is 1.05 bits per heavy atom. The number of rotatable bonds is 4. The largest absolute Gasteiger partial charge is 0.496 e. The monoisotopic (exact) mass is 291 g/mol. The van der Waals surface area contributed by atoms with E-state index in [1.165, 1.54) is 18.2 Å². The van der Waals surface area contributed by atoms with Crippen molar-refractivity contribution in [2.75, 3.05) is 14.2 Å². The number of methoxy groups -OCH3 is 1. The first-order chi connectivity index (χ1) is 9.99. The lowest BCUT2D eigenvalue weighted by Crippen LogP contribution is -2.20. The molecule has 0 aliphatic heterocycles. The van der Waals surface area contributed by atoms with Gasteiger partial charge in [0, 0.05) is 5.56 Å². The van der Waals surface area contributed by atoms with Gasteiger partial charge in [-0.25, -0.2) is 8.78 Å². The van der Waals surface area contributed by atoms with Crippen LogP contribution in [-0.4, -0.2) is 14.2 Å². The predicted octanol–water partition coefficient (Wildman–Crippen LogP) is 3.90. The lowest BCUT2D eigenvalue weighted by molar-refractivity contribution is 0.408. The zero-order valence-corrected chi connectivity index (χ0v) is 12.6. The number of aryl methyl sites for hydroxylation is 2. The maximum absolute atomic E-state index is 14.0. The molecule has 1 unspecified atom stereocenters. The molecule has 112 valence electrons. The van der Waals surface area contributed by atoms with Crippen LogP contribution in [0, 0.1) is 25.5 Å². The second kappa shape index (κ2) is 6.22. The summed E-state index contributed by atoms with van der Waals surface area (Å²) in [7, 11) is 3.30. The van der Waals surface area contributed by atoms with Crippen LogP contribution in [0.25, 0.3) is 0 Å². The Labute approximate surface area is 123 Å². The highest BCUT2D eigenvalue weighted by molar-refractivity contribution is 5.46. The Kier molecular flexibility index (Phi) is 4.58. The average molecular weight is 291 g/mol. The highest BCUT2D eigenvalue weighted by atomic mass is 19.1. The van der Waals surface area contributed by atoms with Crippen molar-refractivity contribution in [3.63, 3.8) is 0 Å². The van der Waals surface area contributed by atoms with E-state index in [1.807, 2.05) is 26.0 Å². The molecular formula is C17H19F2NO. The van der Waals surface area contributed by atoms with Crippen molar-refractivity contribution in [2.24, 2.45) is 0 Å². The minimum Gasteiger partial charge on any atom is -0.496 e. The summed E-state index contributed by atoms with van der Waals surface area (Å²) in [5, 5.41) is 2.99. The van der Waals surface area contributed by atoms with Gasteiger partial charge in [-0.05, 0) is 49.7 Å². The molecule has 1 N–H and O–H groups in total. The summed E-state index contributed by atoms with van der Waals surface area (Å²) in [6.07, 6.45) is 0. The third-order valence-electron chi connectivity index (χ3n) is 3.60. The fourth-order valence-corrected chi connectivity index (χ4v) is 2.74. The summed E-state index contributed by atoms with van der Waals surface area (Å²) >= 11 is 0. The number of ether oxygens (including phenoxy) is 1. The third-order valence-corrected chi connectivity index (χ3v) is 3.60. The molecule has 1 atom stereocenters. The van der Waals surface area contributed by atoms with E-state index in [0.717, 1.165) is 22.4 Å². The lowest BCUT2D eigenvalue weighted by atomic mass is 9.94. The Morgan fingerprint density at radius 2 is 1.57 bits per heavy atom. The summed E-state index contributed by atoms with van der Waals surface area (Å²) in [5.41, 5.74) is 2.70. The molecule has 0 spiro atoms. The molecule has 0 aromatic heterocycles. The quantitative estimate of drug-likeness (QED) is 0.922. The van der Waals surface area contributed by atoms with Gasteiger partial charge in [-0.1, -0.05) is 18.2 Å². The second-order valence-corrected chi connectivity index (χ2v) is 5.04. The van der Waals surface area contributed by atoms with E-state index in [1.54, 1.807) is 14.2 Å². The second-order valence-electron chi connectivity index (χ2n) is 5.04. The molecule has 2 rings (SSSR count). The fraction of sp³-hybridized carbons (Fsp3) is 0.294. The molecule has 2 nitrogen and oxygen atoms in total.